The van der Waals surface area contributed by atoms with E-state index in [0.29, 0.717) is 11.4 Å². The van der Waals surface area contributed by atoms with E-state index in [2.05, 4.69) is 10.4 Å². The summed E-state index contributed by atoms with van der Waals surface area (Å²) in [6.07, 6.45) is 2.01. The van der Waals surface area contributed by atoms with Crippen LogP contribution in [-0.2, 0) is 18.3 Å². The second kappa shape index (κ2) is 5.23. The molecule has 0 aliphatic carbocycles. The standard InChI is InChI=1S/C13H14ClN3O/c1-9-8-15-17(2)13(9)16-12(18)7-10-4-3-5-11(14)6-10/h3-6,8H,7H2,1-2H3,(H,16,18). The highest BCUT2D eigenvalue weighted by molar-refractivity contribution is 6.30. The average molecular weight is 264 g/mol. The van der Waals surface area contributed by atoms with Gasteiger partial charge in [0.25, 0.3) is 0 Å². The topological polar surface area (TPSA) is 46.9 Å². The predicted molar refractivity (Wildman–Crippen MR) is 71.7 cm³/mol. The molecule has 1 heterocycles. The molecule has 0 aliphatic heterocycles. The number of carbonyl (C=O) groups is 1. The first-order chi connectivity index (χ1) is 8.56. The molecule has 0 bridgehead atoms. The van der Waals surface area contributed by atoms with Gasteiger partial charge in [-0.2, -0.15) is 5.10 Å². The third-order valence-corrected chi connectivity index (χ3v) is 2.87. The summed E-state index contributed by atoms with van der Waals surface area (Å²) in [7, 11) is 1.79. The monoisotopic (exact) mass is 263 g/mol. The van der Waals surface area contributed by atoms with Crippen LogP contribution >= 0.6 is 11.6 Å². The maximum atomic E-state index is 11.9. The van der Waals surface area contributed by atoms with Crippen LogP contribution in [0, 0.1) is 6.92 Å². The van der Waals surface area contributed by atoms with Gasteiger partial charge >= 0.3 is 0 Å². The van der Waals surface area contributed by atoms with Crippen molar-refractivity contribution in [3.05, 3.63) is 46.6 Å². The number of halogens is 1. The van der Waals surface area contributed by atoms with E-state index in [1.54, 1.807) is 30.1 Å². The van der Waals surface area contributed by atoms with E-state index >= 15 is 0 Å². The Labute approximate surface area is 111 Å². The van der Waals surface area contributed by atoms with Gasteiger partial charge in [0.15, 0.2) is 0 Å². The molecule has 1 amide bonds. The minimum atomic E-state index is -0.0797. The molecule has 4 nitrogen and oxygen atoms in total. The zero-order valence-corrected chi connectivity index (χ0v) is 11.0. The van der Waals surface area contributed by atoms with Crippen LogP contribution in [0.4, 0.5) is 5.82 Å². The summed E-state index contributed by atoms with van der Waals surface area (Å²) in [5.41, 5.74) is 1.83. The molecule has 0 spiro atoms. The second-order valence-corrected chi connectivity index (χ2v) is 4.59. The van der Waals surface area contributed by atoms with Crippen molar-refractivity contribution in [3.63, 3.8) is 0 Å². The lowest BCUT2D eigenvalue weighted by atomic mass is 10.1. The molecule has 1 aromatic heterocycles. The van der Waals surface area contributed by atoms with Gasteiger partial charge < -0.3 is 5.32 Å². The van der Waals surface area contributed by atoms with Crippen molar-refractivity contribution in [2.24, 2.45) is 7.05 Å². The van der Waals surface area contributed by atoms with E-state index in [0.717, 1.165) is 16.9 Å². The molecule has 0 unspecified atom stereocenters. The highest BCUT2D eigenvalue weighted by atomic mass is 35.5. The SMILES string of the molecule is Cc1cnn(C)c1NC(=O)Cc1cccc(Cl)c1. The van der Waals surface area contributed by atoms with Crippen LogP contribution in [0.2, 0.25) is 5.02 Å². The Hall–Kier alpha value is -1.81. The first-order valence-electron chi connectivity index (χ1n) is 5.59. The van der Waals surface area contributed by atoms with Crippen molar-refractivity contribution in [2.45, 2.75) is 13.3 Å². The van der Waals surface area contributed by atoms with Gasteiger partial charge in [-0.25, -0.2) is 0 Å². The number of carbonyl (C=O) groups excluding carboxylic acids is 1. The van der Waals surface area contributed by atoms with Crippen molar-refractivity contribution >= 4 is 23.3 Å². The highest BCUT2D eigenvalue weighted by Crippen LogP contribution is 2.14. The number of nitrogens with zero attached hydrogens (tertiary/aromatic N) is 2. The Morgan fingerprint density at radius 3 is 2.89 bits per heavy atom. The summed E-state index contributed by atoms with van der Waals surface area (Å²) in [4.78, 5) is 11.9. The fourth-order valence-electron chi connectivity index (χ4n) is 1.74. The molecule has 0 radical (unpaired) electrons. The second-order valence-electron chi connectivity index (χ2n) is 4.15. The summed E-state index contributed by atoms with van der Waals surface area (Å²) < 4.78 is 1.64. The van der Waals surface area contributed by atoms with E-state index in [1.165, 1.54) is 0 Å². The van der Waals surface area contributed by atoms with Crippen LogP contribution in [0.15, 0.2) is 30.5 Å². The third kappa shape index (κ3) is 2.90. The number of aromatic nitrogens is 2. The Balaban J connectivity index is 2.06. The lowest BCUT2D eigenvalue weighted by Gasteiger charge is -2.07. The molecule has 1 N–H and O–H groups in total. The molecular weight excluding hydrogens is 250 g/mol. The molecule has 18 heavy (non-hydrogen) atoms. The number of hydrogen-bond donors (Lipinski definition) is 1. The molecule has 1 aromatic carbocycles. The molecule has 94 valence electrons. The molecule has 2 rings (SSSR count). The van der Waals surface area contributed by atoms with Gasteiger partial charge in [-0.3, -0.25) is 9.48 Å². The van der Waals surface area contributed by atoms with Crippen molar-refractivity contribution < 1.29 is 4.79 Å². The number of aryl methyl sites for hydroxylation is 2. The summed E-state index contributed by atoms with van der Waals surface area (Å²) in [6, 6.07) is 7.29. The minimum Gasteiger partial charge on any atom is -0.310 e. The van der Waals surface area contributed by atoms with Crippen molar-refractivity contribution in [2.75, 3.05) is 5.32 Å². The highest BCUT2D eigenvalue weighted by Gasteiger charge is 2.09. The molecule has 0 fully saturated rings. The van der Waals surface area contributed by atoms with Crippen LogP contribution in [0.5, 0.6) is 0 Å². The van der Waals surface area contributed by atoms with Gasteiger partial charge in [0.2, 0.25) is 5.91 Å². The molecule has 0 saturated heterocycles. The molecule has 0 saturated carbocycles. The van der Waals surface area contributed by atoms with E-state index in [9.17, 15) is 4.79 Å². The Bertz CT molecular complexity index is 558. The van der Waals surface area contributed by atoms with Gasteiger partial charge in [-0.05, 0) is 24.6 Å². The fourth-order valence-corrected chi connectivity index (χ4v) is 1.95. The van der Waals surface area contributed by atoms with E-state index in [1.807, 2.05) is 19.1 Å². The van der Waals surface area contributed by atoms with Crippen LogP contribution in [0.25, 0.3) is 0 Å². The van der Waals surface area contributed by atoms with E-state index in [4.69, 9.17) is 11.6 Å². The average Bonchev–Trinajstić information content (AvgIpc) is 2.61. The van der Waals surface area contributed by atoms with Gasteiger partial charge in [-0.1, -0.05) is 23.7 Å². The third-order valence-electron chi connectivity index (χ3n) is 2.63. The largest absolute Gasteiger partial charge is 0.310 e. The molecule has 0 atom stereocenters. The van der Waals surface area contributed by atoms with Crippen molar-refractivity contribution in [1.29, 1.82) is 0 Å². The van der Waals surface area contributed by atoms with Gasteiger partial charge in [0, 0.05) is 17.6 Å². The number of anilines is 1. The van der Waals surface area contributed by atoms with Crippen LogP contribution in [0.1, 0.15) is 11.1 Å². The number of nitrogens with one attached hydrogen (secondary N) is 1. The number of rotatable bonds is 3. The Kier molecular flexibility index (Phi) is 3.67. The summed E-state index contributed by atoms with van der Waals surface area (Å²) in [5, 5.41) is 7.55. The van der Waals surface area contributed by atoms with Crippen LogP contribution in [0.3, 0.4) is 0 Å². The summed E-state index contributed by atoms with van der Waals surface area (Å²) in [6.45, 7) is 1.90. The zero-order valence-electron chi connectivity index (χ0n) is 10.3. The summed E-state index contributed by atoms with van der Waals surface area (Å²) in [5.74, 6) is 0.644. The van der Waals surface area contributed by atoms with Crippen LogP contribution < -0.4 is 5.32 Å². The van der Waals surface area contributed by atoms with Crippen molar-refractivity contribution in [1.82, 2.24) is 9.78 Å². The lowest BCUT2D eigenvalue weighted by Crippen LogP contribution is -2.17. The molecule has 5 heteroatoms. The summed E-state index contributed by atoms with van der Waals surface area (Å²) >= 11 is 5.88. The maximum absolute atomic E-state index is 11.9. The first kappa shape index (κ1) is 12.6. The first-order valence-corrected chi connectivity index (χ1v) is 5.97. The molecule has 0 aliphatic rings. The van der Waals surface area contributed by atoms with Gasteiger partial charge in [0.1, 0.15) is 5.82 Å². The van der Waals surface area contributed by atoms with Gasteiger partial charge in [0.05, 0.1) is 12.6 Å². The lowest BCUT2D eigenvalue weighted by molar-refractivity contribution is -0.115. The van der Waals surface area contributed by atoms with Gasteiger partial charge in [-0.15, -0.1) is 0 Å². The predicted octanol–water partition coefficient (Wildman–Crippen LogP) is 2.56. The van der Waals surface area contributed by atoms with E-state index < -0.39 is 0 Å². The smallest absolute Gasteiger partial charge is 0.229 e. The molecule has 2 aromatic rings. The normalized spacial score (nSPS) is 10.4. The van der Waals surface area contributed by atoms with Crippen LogP contribution in [-0.4, -0.2) is 15.7 Å². The zero-order chi connectivity index (χ0) is 13.1. The Morgan fingerprint density at radius 2 is 2.28 bits per heavy atom. The van der Waals surface area contributed by atoms with E-state index in [-0.39, 0.29) is 5.91 Å². The number of amides is 1. The fraction of sp³-hybridized carbons (Fsp3) is 0.231. The number of hydrogen-bond acceptors (Lipinski definition) is 2. The maximum Gasteiger partial charge on any atom is 0.229 e. The molecular formula is C13H14ClN3O. The quantitative estimate of drug-likeness (QED) is 0.925. The van der Waals surface area contributed by atoms with Crippen molar-refractivity contribution in [3.8, 4) is 0 Å². The minimum absolute atomic E-state index is 0.0797. The Morgan fingerprint density at radius 1 is 1.50 bits per heavy atom. The number of benzene rings is 1.